The molecule has 1 aromatic rings. The first-order valence-corrected chi connectivity index (χ1v) is 6.19. The molecule has 0 spiro atoms. The SMILES string of the molecule is N#CCc1ccc(C(O)C(O)CCBr)cc1. The van der Waals surface area contributed by atoms with Crippen molar-refractivity contribution < 1.29 is 10.2 Å². The number of benzene rings is 1. The Kier molecular flexibility index (Phi) is 5.47. The minimum absolute atomic E-state index is 0.361. The number of aliphatic hydroxyl groups is 2. The summed E-state index contributed by atoms with van der Waals surface area (Å²) in [5.74, 6) is 0. The van der Waals surface area contributed by atoms with Crippen LogP contribution in [0.4, 0.5) is 0 Å². The molecular weight excluding hydrogens is 270 g/mol. The molecule has 1 rings (SSSR count). The van der Waals surface area contributed by atoms with Crippen molar-refractivity contribution in [3.8, 4) is 6.07 Å². The molecule has 0 heterocycles. The van der Waals surface area contributed by atoms with Gasteiger partial charge < -0.3 is 10.2 Å². The highest BCUT2D eigenvalue weighted by molar-refractivity contribution is 9.09. The van der Waals surface area contributed by atoms with Crippen LogP contribution in [0.1, 0.15) is 23.7 Å². The number of nitrogens with zero attached hydrogens (tertiary/aromatic N) is 1. The number of aliphatic hydroxyl groups excluding tert-OH is 2. The van der Waals surface area contributed by atoms with Gasteiger partial charge >= 0.3 is 0 Å². The third-order valence-electron chi connectivity index (χ3n) is 2.37. The summed E-state index contributed by atoms with van der Waals surface area (Å²) >= 11 is 3.22. The van der Waals surface area contributed by atoms with Crippen molar-refractivity contribution in [1.82, 2.24) is 0 Å². The van der Waals surface area contributed by atoms with E-state index in [-0.39, 0.29) is 0 Å². The molecular formula is C12H14BrNO2. The van der Waals surface area contributed by atoms with Crippen molar-refractivity contribution in [2.45, 2.75) is 25.0 Å². The van der Waals surface area contributed by atoms with Crippen molar-refractivity contribution in [2.75, 3.05) is 5.33 Å². The minimum Gasteiger partial charge on any atom is -0.390 e. The van der Waals surface area contributed by atoms with Crippen molar-refractivity contribution in [1.29, 1.82) is 5.26 Å². The topological polar surface area (TPSA) is 64.2 Å². The quantitative estimate of drug-likeness (QED) is 0.812. The molecule has 0 radical (unpaired) electrons. The second-order valence-corrected chi connectivity index (χ2v) is 4.36. The maximum Gasteiger partial charge on any atom is 0.105 e. The molecule has 16 heavy (non-hydrogen) atoms. The van der Waals surface area contributed by atoms with Crippen molar-refractivity contribution >= 4 is 15.9 Å². The molecule has 0 aromatic heterocycles. The summed E-state index contributed by atoms with van der Waals surface area (Å²) in [6, 6.07) is 9.14. The Morgan fingerprint density at radius 3 is 2.38 bits per heavy atom. The van der Waals surface area contributed by atoms with Crippen LogP contribution in [0.3, 0.4) is 0 Å². The lowest BCUT2D eigenvalue weighted by atomic mass is 10.0. The number of hydrogen-bond acceptors (Lipinski definition) is 3. The van der Waals surface area contributed by atoms with Gasteiger partial charge in [-0.2, -0.15) is 5.26 Å². The van der Waals surface area contributed by atoms with Gasteiger partial charge in [-0.15, -0.1) is 0 Å². The summed E-state index contributed by atoms with van der Waals surface area (Å²) in [7, 11) is 0. The van der Waals surface area contributed by atoms with E-state index in [2.05, 4.69) is 22.0 Å². The second-order valence-electron chi connectivity index (χ2n) is 3.57. The van der Waals surface area contributed by atoms with E-state index in [1.54, 1.807) is 24.3 Å². The Labute approximate surface area is 103 Å². The van der Waals surface area contributed by atoms with Gasteiger partial charge in [0.15, 0.2) is 0 Å². The van der Waals surface area contributed by atoms with Crippen molar-refractivity contribution in [3.63, 3.8) is 0 Å². The van der Waals surface area contributed by atoms with Crippen LogP contribution in [0.5, 0.6) is 0 Å². The van der Waals surface area contributed by atoms with E-state index < -0.39 is 12.2 Å². The summed E-state index contributed by atoms with van der Waals surface area (Å²) in [5.41, 5.74) is 1.59. The molecule has 0 fully saturated rings. The number of alkyl halides is 1. The van der Waals surface area contributed by atoms with Crippen LogP contribution in [0.15, 0.2) is 24.3 Å². The molecule has 4 heteroatoms. The lowest BCUT2D eigenvalue weighted by Crippen LogP contribution is -2.18. The third-order valence-corrected chi connectivity index (χ3v) is 2.83. The molecule has 0 aliphatic heterocycles. The third kappa shape index (κ3) is 3.60. The molecule has 2 N–H and O–H groups in total. The summed E-state index contributed by atoms with van der Waals surface area (Å²) in [6.07, 6.45) is -0.767. The van der Waals surface area contributed by atoms with Crippen molar-refractivity contribution in [2.24, 2.45) is 0 Å². The zero-order valence-corrected chi connectivity index (χ0v) is 10.4. The maximum atomic E-state index is 9.81. The summed E-state index contributed by atoms with van der Waals surface area (Å²) in [4.78, 5) is 0. The van der Waals surface area contributed by atoms with E-state index in [1.807, 2.05) is 0 Å². The fourth-order valence-corrected chi connectivity index (χ4v) is 1.88. The zero-order chi connectivity index (χ0) is 12.0. The smallest absolute Gasteiger partial charge is 0.105 e. The number of nitriles is 1. The van der Waals surface area contributed by atoms with Gasteiger partial charge in [0.2, 0.25) is 0 Å². The van der Waals surface area contributed by atoms with Gasteiger partial charge in [0, 0.05) is 5.33 Å². The second kappa shape index (κ2) is 6.64. The molecule has 0 amide bonds. The van der Waals surface area contributed by atoms with Gasteiger partial charge in [-0.3, -0.25) is 0 Å². The average molecular weight is 284 g/mol. The molecule has 0 saturated heterocycles. The van der Waals surface area contributed by atoms with E-state index in [0.717, 1.165) is 5.56 Å². The van der Waals surface area contributed by atoms with Crippen LogP contribution in [0.25, 0.3) is 0 Å². The predicted octanol–water partition coefficient (Wildman–Crippen LogP) is 1.93. The highest BCUT2D eigenvalue weighted by Crippen LogP contribution is 2.20. The van der Waals surface area contributed by atoms with Crippen LogP contribution in [-0.2, 0) is 6.42 Å². The molecule has 0 saturated carbocycles. The Hall–Kier alpha value is -0.890. The van der Waals surface area contributed by atoms with E-state index in [1.165, 1.54) is 0 Å². The van der Waals surface area contributed by atoms with Crippen LogP contribution in [0, 0.1) is 11.3 Å². The van der Waals surface area contributed by atoms with Gasteiger partial charge in [-0.1, -0.05) is 40.2 Å². The Bertz CT molecular complexity index is 358. The van der Waals surface area contributed by atoms with Crippen LogP contribution in [-0.4, -0.2) is 21.6 Å². The van der Waals surface area contributed by atoms with Crippen LogP contribution in [0.2, 0.25) is 0 Å². The number of rotatable bonds is 5. The fourth-order valence-electron chi connectivity index (χ4n) is 1.42. The molecule has 2 unspecified atom stereocenters. The Morgan fingerprint density at radius 2 is 1.88 bits per heavy atom. The van der Waals surface area contributed by atoms with Gasteiger partial charge in [-0.05, 0) is 17.5 Å². The lowest BCUT2D eigenvalue weighted by Gasteiger charge is -2.17. The minimum atomic E-state index is -0.867. The maximum absolute atomic E-state index is 9.81. The largest absolute Gasteiger partial charge is 0.390 e. The zero-order valence-electron chi connectivity index (χ0n) is 8.81. The van der Waals surface area contributed by atoms with Crippen LogP contribution >= 0.6 is 15.9 Å². The Morgan fingerprint density at radius 1 is 1.25 bits per heavy atom. The van der Waals surface area contributed by atoms with E-state index in [4.69, 9.17) is 5.26 Å². The summed E-state index contributed by atoms with van der Waals surface area (Å²) in [6.45, 7) is 0. The first-order valence-electron chi connectivity index (χ1n) is 5.07. The van der Waals surface area contributed by atoms with Gasteiger partial charge in [0.25, 0.3) is 0 Å². The van der Waals surface area contributed by atoms with Crippen LogP contribution < -0.4 is 0 Å². The molecule has 1 aromatic carbocycles. The molecule has 2 atom stereocenters. The van der Waals surface area contributed by atoms with E-state index >= 15 is 0 Å². The van der Waals surface area contributed by atoms with E-state index in [9.17, 15) is 10.2 Å². The predicted molar refractivity (Wildman–Crippen MR) is 65.1 cm³/mol. The Balaban J connectivity index is 2.70. The van der Waals surface area contributed by atoms with Gasteiger partial charge in [0.05, 0.1) is 18.6 Å². The standard InChI is InChI=1S/C12H14BrNO2/c13-7-5-11(15)12(16)10-3-1-9(2-4-10)6-8-14/h1-4,11-12,15-16H,5-7H2. The molecule has 0 aliphatic rings. The average Bonchev–Trinajstić information content (AvgIpc) is 2.30. The molecule has 3 nitrogen and oxygen atoms in total. The van der Waals surface area contributed by atoms with Gasteiger partial charge in [0.1, 0.15) is 6.10 Å². The highest BCUT2D eigenvalue weighted by atomic mass is 79.9. The fraction of sp³-hybridized carbons (Fsp3) is 0.417. The van der Waals surface area contributed by atoms with E-state index in [0.29, 0.717) is 23.7 Å². The number of halogens is 1. The number of hydrogen-bond donors (Lipinski definition) is 2. The first kappa shape index (κ1) is 13.2. The monoisotopic (exact) mass is 283 g/mol. The van der Waals surface area contributed by atoms with Crippen molar-refractivity contribution in [3.05, 3.63) is 35.4 Å². The lowest BCUT2D eigenvalue weighted by molar-refractivity contribution is 0.0173. The normalized spacial score (nSPS) is 14.1. The molecule has 0 aliphatic carbocycles. The van der Waals surface area contributed by atoms with Gasteiger partial charge in [-0.25, -0.2) is 0 Å². The first-order chi connectivity index (χ1) is 7.69. The summed E-state index contributed by atoms with van der Waals surface area (Å²) in [5, 5.41) is 28.6. The summed E-state index contributed by atoms with van der Waals surface area (Å²) < 4.78 is 0. The highest BCUT2D eigenvalue weighted by Gasteiger charge is 2.17. The molecule has 86 valence electrons. The molecule has 0 bridgehead atoms.